The molecule has 1 aromatic heterocycles. The fraction of sp³-hybridized carbons (Fsp3) is 0.429. The molecule has 0 aliphatic rings. The highest BCUT2D eigenvalue weighted by atomic mass is 32.1. The summed E-state index contributed by atoms with van der Waals surface area (Å²) in [6.07, 6.45) is 1.58. The lowest BCUT2D eigenvalue weighted by atomic mass is 10.2. The molecule has 5 heteroatoms. The van der Waals surface area contributed by atoms with Gasteiger partial charge >= 0.3 is 0 Å². The molecule has 12 heavy (non-hydrogen) atoms. The highest BCUT2D eigenvalue weighted by Crippen LogP contribution is 2.06. The Balaban J connectivity index is 2.59. The Morgan fingerprint density at radius 3 is 3.17 bits per heavy atom. The molecule has 66 valence electrons. The van der Waals surface area contributed by atoms with Crippen molar-refractivity contribution in [3.8, 4) is 0 Å². The second kappa shape index (κ2) is 4.30. The minimum atomic E-state index is -0.596. The molecule has 0 amide bonds. The van der Waals surface area contributed by atoms with Crippen LogP contribution >= 0.6 is 11.3 Å². The predicted octanol–water partition coefficient (Wildman–Crippen LogP) is 0.299. The zero-order valence-electron chi connectivity index (χ0n) is 6.69. The third-order valence-corrected chi connectivity index (χ3v) is 2.11. The topological polar surface area (TPSA) is 65.2 Å². The van der Waals surface area contributed by atoms with Crippen LogP contribution in [0.1, 0.15) is 9.80 Å². The average Bonchev–Trinajstić information content (AvgIpc) is 2.55. The molecular weight excluding hydrogens is 176 g/mol. The van der Waals surface area contributed by atoms with E-state index in [-0.39, 0.29) is 12.4 Å². The van der Waals surface area contributed by atoms with Gasteiger partial charge in [0.25, 0.3) is 0 Å². The molecular formula is C7H10N2O2S. The van der Waals surface area contributed by atoms with Gasteiger partial charge in [-0.1, -0.05) is 0 Å². The molecule has 1 heterocycles. The lowest BCUT2D eigenvalue weighted by molar-refractivity contribution is 0.0892. The standard InChI is InChI=1S/C7H10N2O2S/c1-11-4-5(8)6(10)7-9-2-3-12-7/h2-3,5H,4,8H2,1H3/t5-/m0/s1. The summed E-state index contributed by atoms with van der Waals surface area (Å²) in [5.41, 5.74) is 5.51. The van der Waals surface area contributed by atoms with Gasteiger partial charge in [-0.3, -0.25) is 4.79 Å². The summed E-state index contributed by atoms with van der Waals surface area (Å²) >= 11 is 1.29. The van der Waals surface area contributed by atoms with Crippen LogP contribution in [0.2, 0.25) is 0 Å². The van der Waals surface area contributed by atoms with E-state index in [1.165, 1.54) is 18.4 Å². The number of hydrogen-bond acceptors (Lipinski definition) is 5. The number of ketones is 1. The van der Waals surface area contributed by atoms with Crippen molar-refractivity contribution in [3.63, 3.8) is 0 Å². The minimum absolute atomic E-state index is 0.160. The number of ether oxygens (including phenoxy) is 1. The van der Waals surface area contributed by atoms with Crippen LogP contribution < -0.4 is 5.73 Å². The Morgan fingerprint density at radius 1 is 1.92 bits per heavy atom. The van der Waals surface area contributed by atoms with Crippen molar-refractivity contribution >= 4 is 17.1 Å². The van der Waals surface area contributed by atoms with Gasteiger partial charge in [0.1, 0.15) is 0 Å². The Labute approximate surface area is 74.4 Å². The molecule has 0 saturated carbocycles. The number of carbonyl (C=O) groups excluding carboxylic acids is 1. The van der Waals surface area contributed by atoms with Crippen molar-refractivity contribution in [2.24, 2.45) is 5.73 Å². The van der Waals surface area contributed by atoms with Crippen molar-refractivity contribution in [1.29, 1.82) is 0 Å². The SMILES string of the molecule is COC[C@H](N)C(=O)c1nccs1. The molecule has 1 aromatic rings. The first kappa shape index (κ1) is 9.31. The van der Waals surface area contributed by atoms with Gasteiger partial charge in [0.05, 0.1) is 12.6 Å². The van der Waals surface area contributed by atoms with Crippen LogP contribution in [-0.2, 0) is 4.74 Å². The molecule has 0 unspecified atom stereocenters. The molecule has 0 saturated heterocycles. The molecule has 0 bridgehead atoms. The molecule has 0 radical (unpaired) electrons. The van der Waals surface area contributed by atoms with E-state index in [1.54, 1.807) is 11.6 Å². The molecule has 0 spiro atoms. The van der Waals surface area contributed by atoms with Crippen LogP contribution in [-0.4, -0.2) is 30.5 Å². The summed E-state index contributed by atoms with van der Waals surface area (Å²) in [6, 6.07) is -0.596. The van der Waals surface area contributed by atoms with E-state index in [2.05, 4.69) is 4.98 Å². The number of thiazole rings is 1. The maximum atomic E-state index is 11.3. The number of methoxy groups -OCH3 is 1. The van der Waals surface area contributed by atoms with Gasteiger partial charge in [-0.15, -0.1) is 11.3 Å². The second-order valence-corrected chi connectivity index (χ2v) is 3.16. The van der Waals surface area contributed by atoms with Crippen LogP contribution in [0.15, 0.2) is 11.6 Å². The number of rotatable bonds is 4. The molecule has 0 aliphatic carbocycles. The Morgan fingerprint density at radius 2 is 2.67 bits per heavy atom. The van der Waals surface area contributed by atoms with Crippen LogP contribution in [0.4, 0.5) is 0 Å². The van der Waals surface area contributed by atoms with E-state index in [9.17, 15) is 4.79 Å². The maximum Gasteiger partial charge on any atom is 0.210 e. The summed E-state index contributed by atoms with van der Waals surface area (Å²) < 4.78 is 4.75. The van der Waals surface area contributed by atoms with E-state index in [1.807, 2.05) is 0 Å². The zero-order valence-corrected chi connectivity index (χ0v) is 7.50. The number of carbonyl (C=O) groups is 1. The van der Waals surface area contributed by atoms with Gasteiger partial charge in [0.2, 0.25) is 5.78 Å². The van der Waals surface area contributed by atoms with E-state index < -0.39 is 6.04 Å². The Hall–Kier alpha value is -0.780. The van der Waals surface area contributed by atoms with Crippen molar-refractivity contribution in [3.05, 3.63) is 16.6 Å². The van der Waals surface area contributed by atoms with Crippen molar-refractivity contribution in [1.82, 2.24) is 4.98 Å². The Kier molecular flexibility index (Phi) is 3.33. The second-order valence-electron chi connectivity index (χ2n) is 2.26. The summed E-state index contributed by atoms with van der Waals surface area (Å²) in [5.74, 6) is -0.160. The molecule has 2 N–H and O–H groups in total. The summed E-state index contributed by atoms with van der Waals surface area (Å²) in [6.45, 7) is 0.235. The summed E-state index contributed by atoms with van der Waals surface area (Å²) in [4.78, 5) is 15.2. The molecule has 0 aliphatic heterocycles. The minimum Gasteiger partial charge on any atom is -0.383 e. The fourth-order valence-electron chi connectivity index (χ4n) is 0.759. The molecule has 0 fully saturated rings. The summed E-state index contributed by atoms with van der Waals surface area (Å²) in [7, 11) is 1.51. The smallest absolute Gasteiger partial charge is 0.210 e. The van der Waals surface area contributed by atoms with Crippen LogP contribution in [0.5, 0.6) is 0 Å². The van der Waals surface area contributed by atoms with Crippen LogP contribution in [0, 0.1) is 0 Å². The number of aromatic nitrogens is 1. The normalized spacial score (nSPS) is 12.8. The van der Waals surface area contributed by atoms with Gasteiger partial charge in [-0.2, -0.15) is 0 Å². The number of hydrogen-bond donors (Lipinski definition) is 1. The monoisotopic (exact) mass is 186 g/mol. The van der Waals surface area contributed by atoms with Crippen molar-refractivity contribution in [2.45, 2.75) is 6.04 Å². The van der Waals surface area contributed by atoms with E-state index in [0.29, 0.717) is 5.01 Å². The third kappa shape index (κ3) is 2.10. The van der Waals surface area contributed by atoms with Gasteiger partial charge in [-0.05, 0) is 0 Å². The number of Topliss-reactive ketones (excluding diaryl/α,β-unsaturated/α-hetero) is 1. The lowest BCUT2D eigenvalue weighted by Crippen LogP contribution is -2.34. The maximum absolute atomic E-state index is 11.3. The quantitative estimate of drug-likeness (QED) is 0.687. The van der Waals surface area contributed by atoms with Gasteiger partial charge in [-0.25, -0.2) is 4.98 Å². The highest BCUT2D eigenvalue weighted by molar-refractivity contribution is 7.11. The van der Waals surface area contributed by atoms with Crippen molar-refractivity contribution in [2.75, 3.05) is 13.7 Å². The van der Waals surface area contributed by atoms with Gasteiger partial charge in [0, 0.05) is 18.7 Å². The van der Waals surface area contributed by atoms with Gasteiger partial charge < -0.3 is 10.5 Å². The predicted molar refractivity (Wildman–Crippen MR) is 46.3 cm³/mol. The van der Waals surface area contributed by atoms with Gasteiger partial charge in [0.15, 0.2) is 5.01 Å². The summed E-state index contributed by atoms with van der Waals surface area (Å²) in [5, 5.41) is 2.19. The Bertz CT molecular complexity index is 248. The van der Waals surface area contributed by atoms with Crippen molar-refractivity contribution < 1.29 is 9.53 Å². The van der Waals surface area contributed by atoms with Crippen LogP contribution in [0.25, 0.3) is 0 Å². The lowest BCUT2D eigenvalue weighted by Gasteiger charge is -2.05. The fourth-order valence-corrected chi connectivity index (χ4v) is 1.40. The number of nitrogens with two attached hydrogens (primary N) is 1. The van der Waals surface area contributed by atoms with E-state index in [0.717, 1.165) is 0 Å². The third-order valence-electron chi connectivity index (χ3n) is 1.33. The highest BCUT2D eigenvalue weighted by Gasteiger charge is 2.17. The van der Waals surface area contributed by atoms with E-state index >= 15 is 0 Å². The first-order valence-corrected chi connectivity index (χ1v) is 4.32. The van der Waals surface area contributed by atoms with E-state index in [4.69, 9.17) is 10.5 Å². The zero-order chi connectivity index (χ0) is 8.97. The first-order valence-electron chi connectivity index (χ1n) is 3.44. The molecule has 0 aromatic carbocycles. The first-order chi connectivity index (χ1) is 5.75. The molecule has 4 nitrogen and oxygen atoms in total. The molecule has 1 atom stereocenters. The average molecular weight is 186 g/mol. The largest absolute Gasteiger partial charge is 0.383 e. The molecule has 1 rings (SSSR count). The van der Waals surface area contributed by atoms with Crippen LogP contribution in [0.3, 0.4) is 0 Å². The number of nitrogens with zero attached hydrogens (tertiary/aromatic N) is 1.